The van der Waals surface area contributed by atoms with Gasteiger partial charge in [0.2, 0.25) is 0 Å². The summed E-state index contributed by atoms with van der Waals surface area (Å²) < 4.78 is 11.0. The molecule has 2 aromatic rings. The van der Waals surface area contributed by atoms with Crippen molar-refractivity contribution in [2.45, 2.75) is 62.8 Å². The van der Waals surface area contributed by atoms with Gasteiger partial charge >= 0.3 is 24.1 Å². The van der Waals surface area contributed by atoms with Crippen LogP contribution in [0.2, 0.25) is 0 Å². The van der Waals surface area contributed by atoms with E-state index in [0.29, 0.717) is 0 Å². The van der Waals surface area contributed by atoms with E-state index >= 15 is 0 Å². The summed E-state index contributed by atoms with van der Waals surface area (Å²) in [4.78, 5) is 48.3. The molecule has 2 amide bonds. The van der Waals surface area contributed by atoms with E-state index in [0.717, 1.165) is 11.1 Å². The molecule has 36 heavy (non-hydrogen) atoms. The van der Waals surface area contributed by atoms with Gasteiger partial charge in [0.1, 0.15) is 12.2 Å². The zero-order valence-corrected chi connectivity index (χ0v) is 20.1. The highest BCUT2D eigenvalue weighted by Gasteiger charge is 2.61. The van der Waals surface area contributed by atoms with Crippen molar-refractivity contribution in [3.05, 3.63) is 71.8 Å². The van der Waals surface area contributed by atoms with Gasteiger partial charge in [0.25, 0.3) is 0 Å². The highest BCUT2D eigenvalue weighted by molar-refractivity contribution is 5.70. The summed E-state index contributed by atoms with van der Waals surface area (Å²) in [5, 5.41) is 25.1. The van der Waals surface area contributed by atoms with Crippen LogP contribution in [0.25, 0.3) is 0 Å². The molecule has 0 saturated heterocycles. The third kappa shape index (κ3) is 6.32. The minimum atomic E-state index is -1.48. The molecule has 0 radical (unpaired) electrons. The first kappa shape index (κ1) is 26.5. The van der Waals surface area contributed by atoms with Crippen LogP contribution in [0.4, 0.5) is 9.59 Å². The van der Waals surface area contributed by atoms with Crippen molar-refractivity contribution in [2.24, 2.45) is 0 Å². The van der Waals surface area contributed by atoms with Crippen LogP contribution in [0.1, 0.15) is 37.8 Å². The van der Waals surface area contributed by atoms with Crippen molar-refractivity contribution in [2.75, 3.05) is 0 Å². The topological polar surface area (TPSA) is 151 Å². The lowest BCUT2D eigenvalue weighted by Crippen LogP contribution is -2.77. The Hall–Kier alpha value is -4.08. The molecule has 10 nitrogen and oxygen atoms in total. The predicted octanol–water partition coefficient (Wildman–Crippen LogP) is 3.14. The van der Waals surface area contributed by atoms with Crippen LogP contribution >= 0.6 is 0 Å². The summed E-state index contributed by atoms with van der Waals surface area (Å²) in [7, 11) is 0. The summed E-state index contributed by atoms with van der Waals surface area (Å²) >= 11 is 0. The number of hydrogen-bond acceptors (Lipinski definition) is 6. The predicted molar refractivity (Wildman–Crippen MR) is 128 cm³/mol. The quantitative estimate of drug-likeness (QED) is 0.405. The molecule has 0 aliphatic heterocycles. The highest BCUT2D eigenvalue weighted by Crippen LogP contribution is 2.44. The SMILES string of the molecule is CC(=O)O[C@H]1C[C@](Cc2ccccc2)(NC(=O)O)[C@@](Cc2ccccc2)(NC(=O)O)C[C@H]1OC(C)=O. The number of rotatable bonds is 8. The standard InChI is InChI=1S/C26H30N2O8/c1-17(29)35-21-15-25(27-23(31)32,13-19-9-5-3-6-10-19)26(28-24(33)34,16-22(21)36-18(2)30)14-20-11-7-4-8-12-20/h3-12,21-22,27-28H,13-16H2,1-2H3,(H,31,32)(H,33,34)/t21-,22+,25-,26-/m0/s1. The van der Waals surface area contributed by atoms with Gasteiger partial charge in [0, 0.05) is 26.7 Å². The Kier molecular flexibility index (Phi) is 8.18. The number of carbonyl (C=O) groups is 4. The van der Waals surface area contributed by atoms with Crippen molar-refractivity contribution < 1.29 is 38.9 Å². The van der Waals surface area contributed by atoms with E-state index < -0.39 is 47.4 Å². The van der Waals surface area contributed by atoms with E-state index in [1.54, 1.807) is 48.5 Å². The van der Waals surface area contributed by atoms with Gasteiger partial charge in [-0.25, -0.2) is 9.59 Å². The van der Waals surface area contributed by atoms with Gasteiger partial charge in [-0.1, -0.05) is 60.7 Å². The first-order chi connectivity index (χ1) is 17.0. The van der Waals surface area contributed by atoms with E-state index in [-0.39, 0.29) is 25.7 Å². The molecule has 0 heterocycles. The zero-order chi connectivity index (χ0) is 26.3. The molecule has 0 aromatic heterocycles. The smallest absolute Gasteiger partial charge is 0.405 e. The largest absolute Gasteiger partial charge is 0.465 e. The Morgan fingerprint density at radius 2 is 1.06 bits per heavy atom. The minimum Gasteiger partial charge on any atom is -0.465 e. The normalized spacial score (nSPS) is 25.3. The molecule has 0 spiro atoms. The molecule has 4 N–H and O–H groups in total. The fourth-order valence-electron chi connectivity index (χ4n) is 5.21. The van der Waals surface area contributed by atoms with E-state index in [1.165, 1.54) is 13.8 Å². The van der Waals surface area contributed by atoms with Crippen molar-refractivity contribution >= 4 is 24.1 Å². The molecule has 0 bridgehead atoms. The Bertz CT molecular complexity index is 1010. The lowest BCUT2D eigenvalue weighted by molar-refractivity contribution is -0.178. The second-order valence-electron chi connectivity index (χ2n) is 9.05. The van der Waals surface area contributed by atoms with Crippen molar-refractivity contribution in [3.63, 3.8) is 0 Å². The third-order valence-electron chi connectivity index (χ3n) is 6.45. The number of amides is 2. The third-order valence-corrected chi connectivity index (χ3v) is 6.45. The Labute approximate surface area is 208 Å². The number of esters is 2. The summed E-state index contributed by atoms with van der Waals surface area (Å²) in [6.45, 7) is 2.41. The molecule has 2 aromatic carbocycles. The molecule has 0 unspecified atom stereocenters. The zero-order valence-electron chi connectivity index (χ0n) is 20.1. The highest BCUT2D eigenvalue weighted by atomic mass is 16.6. The van der Waals surface area contributed by atoms with Crippen LogP contribution in [0.15, 0.2) is 60.7 Å². The van der Waals surface area contributed by atoms with E-state index in [2.05, 4.69) is 10.6 Å². The van der Waals surface area contributed by atoms with Gasteiger partial charge in [0.15, 0.2) is 0 Å². The lowest BCUT2D eigenvalue weighted by atomic mass is 9.60. The number of carbonyl (C=O) groups excluding carboxylic acids is 2. The van der Waals surface area contributed by atoms with E-state index in [1.807, 2.05) is 12.1 Å². The summed E-state index contributed by atoms with van der Waals surface area (Å²) in [6.07, 6.45) is -4.89. The number of nitrogens with one attached hydrogen (secondary N) is 2. The average Bonchev–Trinajstić information content (AvgIpc) is 2.77. The van der Waals surface area contributed by atoms with E-state index in [9.17, 15) is 29.4 Å². The molecule has 10 heteroatoms. The molecule has 1 saturated carbocycles. The van der Waals surface area contributed by atoms with E-state index in [4.69, 9.17) is 9.47 Å². The monoisotopic (exact) mass is 498 g/mol. The molecule has 1 aliphatic carbocycles. The van der Waals surface area contributed by atoms with Crippen LogP contribution in [0.5, 0.6) is 0 Å². The molecule has 1 aliphatic rings. The maximum absolute atomic E-state index is 12.2. The maximum Gasteiger partial charge on any atom is 0.405 e. The van der Waals surface area contributed by atoms with Crippen LogP contribution < -0.4 is 10.6 Å². The van der Waals surface area contributed by atoms with Crippen molar-refractivity contribution in [1.82, 2.24) is 10.6 Å². The Morgan fingerprint density at radius 1 is 0.722 bits per heavy atom. The number of carboxylic acid groups (broad SMARTS) is 2. The second-order valence-corrected chi connectivity index (χ2v) is 9.05. The molecule has 3 rings (SSSR count). The summed E-state index contributed by atoms with van der Waals surface area (Å²) in [5.74, 6) is -1.27. The van der Waals surface area contributed by atoms with Crippen LogP contribution in [0, 0.1) is 0 Å². The summed E-state index contributed by atoms with van der Waals surface area (Å²) in [5.41, 5.74) is -1.48. The summed E-state index contributed by atoms with van der Waals surface area (Å²) in [6, 6.07) is 18.0. The molecule has 1 fully saturated rings. The second kappa shape index (κ2) is 11.1. The minimum absolute atomic E-state index is 0.0812. The van der Waals surface area contributed by atoms with Gasteiger partial charge in [-0.2, -0.15) is 0 Å². The fraction of sp³-hybridized carbons (Fsp3) is 0.385. The van der Waals surface area contributed by atoms with Gasteiger partial charge in [0.05, 0.1) is 11.1 Å². The lowest BCUT2D eigenvalue weighted by Gasteiger charge is -2.56. The van der Waals surface area contributed by atoms with Crippen molar-refractivity contribution in [1.29, 1.82) is 0 Å². The number of hydrogen-bond donors (Lipinski definition) is 4. The molecular formula is C26H30N2O8. The van der Waals surface area contributed by atoms with Crippen molar-refractivity contribution in [3.8, 4) is 0 Å². The maximum atomic E-state index is 12.2. The number of ether oxygens (including phenoxy) is 2. The first-order valence-electron chi connectivity index (χ1n) is 11.5. The fourth-order valence-corrected chi connectivity index (χ4v) is 5.21. The molecule has 4 atom stereocenters. The van der Waals surface area contributed by atoms with Gasteiger partial charge in [-0.15, -0.1) is 0 Å². The van der Waals surface area contributed by atoms with Crippen LogP contribution in [0.3, 0.4) is 0 Å². The van der Waals surface area contributed by atoms with Crippen LogP contribution in [-0.2, 0) is 31.9 Å². The van der Waals surface area contributed by atoms with Crippen LogP contribution in [-0.4, -0.2) is 57.6 Å². The molecular weight excluding hydrogens is 468 g/mol. The van der Waals surface area contributed by atoms with Gasteiger partial charge in [-0.3, -0.25) is 9.59 Å². The van der Waals surface area contributed by atoms with Gasteiger partial charge in [-0.05, 0) is 24.0 Å². The Morgan fingerprint density at radius 3 is 1.33 bits per heavy atom. The average molecular weight is 499 g/mol. The Balaban J connectivity index is 2.25. The first-order valence-corrected chi connectivity index (χ1v) is 11.5. The number of benzene rings is 2. The van der Waals surface area contributed by atoms with Gasteiger partial charge < -0.3 is 30.3 Å². The molecule has 192 valence electrons.